The molecular formula is C14H22O4S. The highest BCUT2D eigenvalue weighted by molar-refractivity contribution is 7.07. The molecule has 0 saturated carbocycles. The minimum Gasteiger partial charge on any atom is -0.376 e. The van der Waals surface area contributed by atoms with E-state index < -0.39 is 0 Å². The van der Waals surface area contributed by atoms with E-state index in [-0.39, 0.29) is 6.10 Å². The lowest BCUT2D eigenvalue weighted by molar-refractivity contribution is -0.100. The lowest BCUT2D eigenvalue weighted by Crippen LogP contribution is -2.22. The van der Waals surface area contributed by atoms with Crippen molar-refractivity contribution in [2.45, 2.75) is 31.5 Å². The fourth-order valence-electron chi connectivity index (χ4n) is 1.84. The molecule has 0 amide bonds. The van der Waals surface area contributed by atoms with Crippen LogP contribution >= 0.6 is 11.3 Å². The molecule has 5 heteroatoms. The number of rotatable bonds is 11. The Labute approximate surface area is 118 Å². The first-order valence-electron chi connectivity index (χ1n) is 6.69. The summed E-state index contributed by atoms with van der Waals surface area (Å²) in [5.41, 5.74) is 1.41. The summed E-state index contributed by atoms with van der Waals surface area (Å²) in [6.07, 6.45) is 3.62. The molecule has 0 aliphatic carbocycles. The normalized spacial score (nSPS) is 19.5. The Morgan fingerprint density at radius 3 is 3.11 bits per heavy atom. The predicted molar refractivity (Wildman–Crippen MR) is 74.6 cm³/mol. The highest BCUT2D eigenvalue weighted by Gasteiger charge is 2.23. The van der Waals surface area contributed by atoms with E-state index in [0.29, 0.717) is 26.1 Å². The molecule has 0 bridgehead atoms. The summed E-state index contributed by atoms with van der Waals surface area (Å²) in [4.78, 5) is 0. The van der Waals surface area contributed by atoms with Gasteiger partial charge in [-0.05, 0) is 41.7 Å². The van der Waals surface area contributed by atoms with Gasteiger partial charge in [0.2, 0.25) is 0 Å². The molecule has 0 radical (unpaired) electrons. The van der Waals surface area contributed by atoms with Gasteiger partial charge in [0.15, 0.2) is 0 Å². The number of ether oxygens (including phenoxy) is 4. The zero-order chi connectivity index (χ0) is 13.3. The monoisotopic (exact) mass is 286 g/mol. The first kappa shape index (κ1) is 14.9. The smallest absolute Gasteiger partial charge is 0.146 e. The Bertz CT molecular complexity index is 324. The van der Waals surface area contributed by atoms with Crippen molar-refractivity contribution >= 4 is 11.3 Å². The maximum absolute atomic E-state index is 5.63. The quantitative estimate of drug-likeness (QED) is 0.463. The molecule has 2 atom stereocenters. The SMILES string of the molecule is COCOC(CCCc1ccsc1)COCC1CO1. The molecule has 0 N–H and O–H groups in total. The highest BCUT2D eigenvalue weighted by atomic mass is 32.1. The molecule has 108 valence electrons. The van der Waals surface area contributed by atoms with Crippen molar-refractivity contribution in [1.29, 1.82) is 0 Å². The summed E-state index contributed by atoms with van der Waals surface area (Å²) < 4.78 is 21.3. The number of hydrogen-bond acceptors (Lipinski definition) is 5. The lowest BCUT2D eigenvalue weighted by Gasteiger charge is -2.17. The van der Waals surface area contributed by atoms with E-state index >= 15 is 0 Å². The van der Waals surface area contributed by atoms with E-state index in [1.165, 1.54) is 5.56 Å². The molecular weight excluding hydrogens is 264 g/mol. The van der Waals surface area contributed by atoms with Gasteiger partial charge < -0.3 is 18.9 Å². The fourth-order valence-corrected chi connectivity index (χ4v) is 2.55. The zero-order valence-corrected chi connectivity index (χ0v) is 12.2. The molecule has 2 unspecified atom stereocenters. The van der Waals surface area contributed by atoms with Crippen molar-refractivity contribution in [3.63, 3.8) is 0 Å². The summed E-state index contributed by atoms with van der Waals surface area (Å²) in [5.74, 6) is 0. The van der Waals surface area contributed by atoms with Gasteiger partial charge in [-0.2, -0.15) is 11.3 Å². The molecule has 2 rings (SSSR count). The summed E-state index contributed by atoms with van der Waals surface area (Å²) in [5, 5.41) is 4.32. The summed E-state index contributed by atoms with van der Waals surface area (Å²) in [6.45, 7) is 2.46. The maximum Gasteiger partial charge on any atom is 0.146 e. The van der Waals surface area contributed by atoms with Gasteiger partial charge in [-0.25, -0.2) is 0 Å². The number of hydrogen-bond donors (Lipinski definition) is 0. The van der Waals surface area contributed by atoms with Gasteiger partial charge in [0, 0.05) is 7.11 Å². The molecule has 1 aliphatic rings. The van der Waals surface area contributed by atoms with Gasteiger partial charge in [0.1, 0.15) is 12.9 Å². The third-order valence-electron chi connectivity index (χ3n) is 3.00. The van der Waals surface area contributed by atoms with E-state index in [2.05, 4.69) is 16.8 Å². The highest BCUT2D eigenvalue weighted by Crippen LogP contribution is 2.13. The van der Waals surface area contributed by atoms with Crippen LogP contribution < -0.4 is 0 Å². The van der Waals surface area contributed by atoms with Gasteiger partial charge >= 0.3 is 0 Å². The minimum atomic E-state index is 0.109. The zero-order valence-electron chi connectivity index (χ0n) is 11.4. The summed E-state index contributed by atoms with van der Waals surface area (Å²) in [6, 6.07) is 2.18. The van der Waals surface area contributed by atoms with E-state index in [4.69, 9.17) is 18.9 Å². The number of aryl methyl sites for hydroxylation is 1. The molecule has 1 fully saturated rings. The van der Waals surface area contributed by atoms with E-state index in [1.807, 2.05) is 0 Å². The lowest BCUT2D eigenvalue weighted by atomic mass is 10.1. The molecule has 1 saturated heterocycles. The first-order chi connectivity index (χ1) is 9.38. The second-order valence-electron chi connectivity index (χ2n) is 4.71. The molecule has 1 aromatic heterocycles. The van der Waals surface area contributed by atoms with Gasteiger partial charge in [-0.15, -0.1) is 0 Å². The topological polar surface area (TPSA) is 40.2 Å². The van der Waals surface area contributed by atoms with Crippen LogP contribution in [0.4, 0.5) is 0 Å². The Balaban J connectivity index is 1.60. The molecule has 19 heavy (non-hydrogen) atoms. The molecule has 0 aromatic carbocycles. The van der Waals surface area contributed by atoms with E-state index in [0.717, 1.165) is 25.9 Å². The van der Waals surface area contributed by atoms with Crippen LogP contribution in [-0.2, 0) is 25.4 Å². The van der Waals surface area contributed by atoms with E-state index in [1.54, 1.807) is 18.4 Å². The van der Waals surface area contributed by atoms with Crippen molar-refractivity contribution < 1.29 is 18.9 Å². The summed E-state index contributed by atoms with van der Waals surface area (Å²) >= 11 is 1.75. The number of thiophene rings is 1. The van der Waals surface area contributed by atoms with Crippen LogP contribution in [0.5, 0.6) is 0 Å². The van der Waals surface area contributed by atoms with Crippen LogP contribution in [0.15, 0.2) is 16.8 Å². The molecule has 1 aromatic rings. The van der Waals surface area contributed by atoms with E-state index in [9.17, 15) is 0 Å². The first-order valence-corrected chi connectivity index (χ1v) is 7.63. The number of epoxide rings is 1. The average molecular weight is 286 g/mol. The van der Waals surface area contributed by atoms with Crippen molar-refractivity contribution in [2.75, 3.05) is 33.7 Å². The molecule has 4 nitrogen and oxygen atoms in total. The van der Waals surface area contributed by atoms with Gasteiger partial charge in [0.05, 0.1) is 25.9 Å². The fraction of sp³-hybridized carbons (Fsp3) is 0.714. The van der Waals surface area contributed by atoms with Crippen LogP contribution in [0.2, 0.25) is 0 Å². The number of methoxy groups -OCH3 is 1. The van der Waals surface area contributed by atoms with Gasteiger partial charge in [0.25, 0.3) is 0 Å². The second-order valence-corrected chi connectivity index (χ2v) is 5.49. The third-order valence-corrected chi connectivity index (χ3v) is 3.74. The van der Waals surface area contributed by atoms with Crippen molar-refractivity contribution in [3.05, 3.63) is 22.4 Å². The van der Waals surface area contributed by atoms with Crippen LogP contribution in [-0.4, -0.2) is 45.9 Å². The standard InChI is InChI=1S/C14H22O4S/c1-15-11-18-13(7-16-8-14-9-17-14)4-2-3-12-5-6-19-10-12/h5-6,10,13-14H,2-4,7-9,11H2,1H3. The van der Waals surface area contributed by atoms with Crippen molar-refractivity contribution in [1.82, 2.24) is 0 Å². The molecule has 1 aliphatic heterocycles. The predicted octanol–water partition coefficient (Wildman–Crippen LogP) is 2.48. The third kappa shape index (κ3) is 6.49. The molecule has 0 spiro atoms. The van der Waals surface area contributed by atoms with Crippen LogP contribution in [0.25, 0.3) is 0 Å². The van der Waals surface area contributed by atoms with Crippen molar-refractivity contribution in [2.24, 2.45) is 0 Å². The Hall–Kier alpha value is -0.460. The average Bonchev–Trinajstić information content (AvgIpc) is 3.09. The second kappa shape index (κ2) is 8.66. The largest absolute Gasteiger partial charge is 0.376 e. The van der Waals surface area contributed by atoms with Crippen molar-refractivity contribution in [3.8, 4) is 0 Å². The van der Waals surface area contributed by atoms with Gasteiger partial charge in [-0.3, -0.25) is 0 Å². The van der Waals surface area contributed by atoms with Crippen LogP contribution in [0.1, 0.15) is 18.4 Å². The Kier molecular flexibility index (Phi) is 6.81. The molecule has 2 heterocycles. The van der Waals surface area contributed by atoms with Gasteiger partial charge in [-0.1, -0.05) is 0 Å². The van der Waals surface area contributed by atoms with Crippen LogP contribution in [0, 0.1) is 0 Å². The van der Waals surface area contributed by atoms with Crippen LogP contribution in [0.3, 0.4) is 0 Å². The Morgan fingerprint density at radius 1 is 1.53 bits per heavy atom. The minimum absolute atomic E-state index is 0.109. The Morgan fingerprint density at radius 2 is 2.42 bits per heavy atom. The maximum atomic E-state index is 5.63. The summed E-state index contributed by atoms with van der Waals surface area (Å²) in [7, 11) is 1.64.